The normalized spacial score (nSPS) is 11.7. The van der Waals surface area contributed by atoms with Crippen LogP contribution < -0.4 is 4.74 Å². The van der Waals surface area contributed by atoms with Gasteiger partial charge in [-0.1, -0.05) is 42.5 Å². The third-order valence-electron chi connectivity index (χ3n) is 2.94. The minimum absolute atomic E-state index is 0.240. The SMILES string of the molecule is CC(=O)O[C@H](C)c1ccc(OCc2ccccc2)cc1. The van der Waals surface area contributed by atoms with E-state index in [4.69, 9.17) is 9.47 Å². The molecule has 0 bridgehead atoms. The lowest BCUT2D eigenvalue weighted by Crippen LogP contribution is -2.04. The molecule has 2 aromatic rings. The summed E-state index contributed by atoms with van der Waals surface area (Å²) in [7, 11) is 0. The van der Waals surface area contributed by atoms with Crippen LogP contribution in [-0.2, 0) is 16.1 Å². The largest absolute Gasteiger partial charge is 0.489 e. The predicted molar refractivity (Wildman–Crippen MR) is 77.4 cm³/mol. The first-order valence-corrected chi connectivity index (χ1v) is 6.59. The van der Waals surface area contributed by atoms with E-state index in [0.717, 1.165) is 16.9 Å². The first kappa shape index (κ1) is 14.1. The van der Waals surface area contributed by atoms with Gasteiger partial charge in [-0.2, -0.15) is 0 Å². The van der Waals surface area contributed by atoms with Crippen molar-refractivity contribution >= 4 is 5.97 Å². The Kier molecular flexibility index (Phi) is 4.77. The average Bonchev–Trinajstić information content (AvgIpc) is 2.46. The van der Waals surface area contributed by atoms with E-state index in [1.807, 2.05) is 61.5 Å². The molecule has 0 heterocycles. The summed E-state index contributed by atoms with van der Waals surface area (Å²) in [6, 6.07) is 17.6. The van der Waals surface area contributed by atoms with Gasteiger partial charge in [0.25, 0.3) is 0 Å². The summed E-state index contributed by atoms with van der Waals surface area (Å²) in [5.41, 5.74) is 2.08. The van der Waals surface area contributed by atoms with Gasteiger partial charge in [-0.05, 0) is 30.2 Å². The number of carbonyl (C=O) groups excluding carboxylic acids is 1. The molecule has 1 atom stereocenters. The maximum Gasteiger partial charge on any atom is 0.303 e. The van der Waals surface area contributed by atoms with E-state index in [1.165, 1.54) is 6.92 Å². The van der Waals surface area contributed by atoms with Gasteiger partial charge in [-0.3, -0.25) is 4.79 Å². The number of rotatable bonds is 5. The molecule has 104 valence electrons. The Labute approximate surface area is 119 Å². The molecule has 0 fully saturated rings. The fourth-order valence-corrected chi connectivity index (χ4v) is 1.89. The van der Waals surface area contributed by atoms with Crippen LogP contribution in [0.25, 0.3) is 0 Å². The third-order valence-corrected chi connectivity index (χ3v) is 2.94. The van der Waals surface area contributed by atoms with Crippen LogP contribution in [-0.4, -0.2) is 5.97 Å². The second-order valence-corrected chi connectivity index (χ2v) is 4.59. The maximum absolute atomic E-state index is 10.9. The number of carbonyl (C=O) groups is 1. The maximum atomic E-state index is 10.9. The zero-order valence-electron chi connectivity index (χ0n) is 11.7. The van der Waals surface area contributed by atoms with Crippen molar-refractivity contribution in [3.05, 3.63) is 65.7 Å². The highest BCUT2D eigenvalue weighted by Crippen LogP contribution is 2.21. The van der Waals surface area contributed by atoms with Crippen molar-refractivity contribution in [3.8, 4) is 5.75 Å². The summed E-state index contributed by atoms with van der Waals surface area (Å²) < 4.78 is 10.8. The summed E-state index contributed by atoms with van der Waals surface area (Å²) in [5, 5.41) is 0. The molecule has 2 aromatic carbocycles. The van der Waals surface area contributed by atoms with Crippen molar-refractivity contribution in [1.82, 2.24) is 0 Å². The van der Waals surface area contributed by atoms with Crippen LogP contribution in [0.2, 0.25) is 0 Å². The van der Waals surface area contributed by atoms with Crippen LogP contribution in [0.1, 0.15) is 31.1 Å². The number of hydrogen-bond acceptors (Lipinski definition) is 3. The minimum atomic E-state index is -0.276. The molecule has 0 saturated carbocycles. The second-order valence-electron chi connectivity index (χ2n) is 4.59. The molecule has 0 aliphatic carbocycles. The molecular weight excluding hydrogens is 252 g/mol. The standard InChI is InChI=1S/C17H18O3/c1-13(20-14(2)18)16-8-10-17(11-9-16)19-12-15-6-4-3-5-7-15/h3-11,13H,12H2,1-2H3/t13-/m1/s1. The first-order chi connectivity index (χ1) is 9.65. The number of hydrogen-bond donors (Lipinski definition) is 0. The van der Waals surface area contributed by atoms with E-state index in [-0.39, 0.29) is 12.1 Å². The van der Waals surface area contributed by atoms with Gasteiger partial charge in [0.2, 0.25) is 0 Å². The molecule has 0 aliphatic rings. The van der Waals surface area contributed by atoms with Gasteiger partial charge in [0, 0.05) is 6.92 Å². The molecule has 0 amide bonds. The molecule has 0 spiro atoms. The lowest BCUT2D eigenvalue weighted by molar-refractivity contribution is -0.145. The van der Waals surface area contributed by atoms with Gasteiger partial charge in [0.15, 0.2) is 0 Å². The lowest BCUT2D eigenvalue weighted by Gasteiger charge is -2.13. The zero-order valence-corrected chi connectivity index (χ0v) is 11.7. The lowest BCUT2D eigenvalue weighted by atomic mass is 10.1. The van der Waals surface area contributed by atoms with Crippen molar-refractivity contribution in [2.75, 3.05) is 0 Å². The molecule has 2 rings (SSSR count). The molecular formula is C17H18O3. The zero-order chi connectivity index (χ0) is 14.4. The van der Waals surface area contributed by atoms with Gasteiger partial charge in [-0.25, -0.2) is 0 Å². The summed E-state index contributed by atoms with van der Waals surface area (Å²) in [6.07, 6.45) is -0.240. The smallest absolute Gasteiger partial charge is 0.303 e. The first-order valence-electron chi connectivity index (χ1n) is 6.59. The molecule has 0 aromatic heterocycles. The number of ether oxygens (including phenoxy) is 2. The third kappa shape index (κ3) is 4.12. The summed E-state index contributed by atoms with van der Waals surface area (Å²) in [6.45, 7) is 3.80. The van der Waals surface area contributed by atoms with Crippen molar-refractivity contribution in [2.45, 2.75) is 26.6 Å². The molecule has 3 nitrogen and oxygen atoms in total. The number of esters is 1. The molecule has 0 aliphatic heterocycles. The molecule has 20 heavy (non-hydrogen) atoms. The van der Waals surface area contributed by atoms with Crippen LogP contribution >= 0.6 is 0 Å². The highest BCUT2D eigenvalue weighted by molar-refractivity contribution is 5.66. The topological polar surface area (TPSA) is 35.5 Å². The predicted octanol–water partition coefficient (Wildman–Crippen LogP) is 3.89. The number of benzene rings is 2. The van der Waals surface area contributed by atoms with Crippen LogP contribution in [0, 0.1) is 0 Å². The Balaban J connectivity index is 1.93. The van der Waals surface area contributed by atoms with Crippen LogP contribution in [0.4, 0.5) is 0 Å². The van der Waals surface area contributed by atoms with Crippen molar-refractivity contribution in [3.63, 3.8) is 0 Å². The summed E-state index contributed by atoms with van der Waals surface area (Å²) in [4.78, 5) is 10.9. The van der Waals surface area contributed by atoms with Crippen molar-refractivity contribution in [1.29, 1.82) is 0 Å². The Hall–Kier alpha value is -2.29. The molecule has 0 radical (unpaired) electrons. The van der Waals surface area contributed by atoms with Gasteiger partial charge in [-0.15, -0.1) is 0 Å². The average molecular weight is 270 g/mol. The van der Waals surface area contributed by atoms with Gasteiger partial charge in [0.1, 0.15) is 18.5 Å². The fourth-order valence-electron chi connectivity index (χ4n) is 1.89. The second kappa shape index (κ2) is 6.75. The minimum Gasteiger partial charge on any atom is -0.489 e. The summed E-state index contributed by atoms with van der Waals surface area (Å²) >= 11 is 0. The van der Waals surface area contributed by atoms with Crippen LogP contribution in [0.3, 0.4) is 0 Å². The van der Waals surface area contributed by atoms with Gasteiger partial charge in [0.05, 0.1) is 0 Å². The van der Waals surface area contributed by atoms with Gasteiger partial charge < -0.3 is 9.47 Å². The Morgan fingerprint density at radius 2 is 1.70 bits per heavy atom. The van der Waals surface area contributed by atoms with Crippen LogP contribution in [0.5, 0.6) is 5.75 Å². The Bertz CT molecular complexity index is 546. The molecule has 0 N–H and O–H groups in total. The van der Waals surface area contributed by atoms with E-state index >= 15 is 0 Å². The van der Waals surface area contributed by atoms with E-state index < -0.39 is 0 Å². The fraction of sp³-hybridized carbons (Fsp3) is 0.235. The van der Waals surface area contributed by atoms with E-state index in [2.05, 4.69) is 0 Å². The van der Waals surface area contributed by atoms with E-state index in [1.54, 1.807) is 0 Å². The molecule has 3 heteroatoms. The monoisotopic (exact) mass is 270 g/mol. The van der Waals surface area contributed by atoms with E-state index in [9.17, 15) is 4.79 Å². The quantitative estimate of drug-likeness (QED) is 0.773. The van der Waals surface area contributed by atoms with Crippen LogP contribution in [0.15, 0.2) is 54.6 Å². The molecule has 0 unspecified atom stereocenters. The Morgan fingerprint density at radius 3 is 2.30 bits per heavy atom. The Morgan fingerprint density at radius 1 is 1.05 bits per heavy atom. The summed E-state index contributed by atoms with van der Waals surface area (Å²) in [5.74, 6) is 0.523. The van der Waals surface area contributed by atoms with E-state index in [0.29, 0.717) is 6.61 Å². The van der Waals surface area contributed by atoms with Crippen molar-refractivity contribution in [2.24, 2.45) is 0 Å². The van der Waals surface area contributed by atoms with Gasteiger partial charge >= 0.3 is 5.97 Å². The van der Waals surface area contributed by atoms with Crippen molar-refractivity contribution < 1.29 is 14.3 Å². The highest BCUT2D eigenvalue weighted by atomic mass is 16.5. The molecule has 0 saturated heterocycles. The highest BCUT2D eigenvalue weighted by Gasteiger charge is 2.08.